The van der Waals surface area contributed by atoms with Crippen LogP contribution in [-0.2, 0) is 6.42 Å². The highest BCUT2D eigenvalue weighted by Crippen LogP contribution is 2.24. The molecule has 7 nitrogen and oxygen atoms in total. The van der Waals surface area contributed by atoms with Gasteiger partial charge in [-0.3, -0.25) is 9.20 Å². The van der Waals surface area contributed by atoms with Gasteiger partial charge in [-0.2, -0.15) is 0 Å². The predicted molar refractivity (Wildman–Crippen MR) is 92.5 cm³/mol. The van der Waals surface area contributed by atoms with Crippen LogP contribution in [0.1, 0.15) is 33.5 Å². The number of imidazole rings is 1. The highest BCUT2D eigenvalue weighted by Gasteiger charge is 2.21. The summed E-state index contributed by atoms with van der Waals surface area (Å²) in [6, 6.07) is 9.79. The van der Waals surface area contributed by atoms with Gasteiger partial charge >= 0.3 is 5.97 Å². The Morgan fingerprint density at radius 1 is 1.24 bits per heavy atom. The average molecular weight is 339 g/mol. The fourth-order valence-electron chi connectivity index (χ4n) is 2.70. The molecule has 0 atom stereocenters. The molecule has 2 aromatic heterocycles. The van der Waals surface area contributed by atoms with E-state index in [1.165, 1.54) is 6.07 Å². The summed E-state index contributed by atoms with van der Waals surface area (Å²) in [5, 5.41) is 11.9. The molecule has 3 aromatic rings. The highest BCUT2D eigenvalue weighted by molar-refractivity contribution is 6.08. The van der Waals surface area contributed by atoms with Gasteiger partial charge in [0.25, 0.3) is 5.91 Å². The summed E-state index contributed by atoms with van der Waals surface area (Å²) in [5.41, 5.74) is 1.77. The van der Waals surface area contributed by atoms with E-state index in [2.05, 4.69) is 10.3 Å². The second kappa shape index (κ2) is 6.64. The van der Waals surface area contributed by atoms with Crippen molar-refractivity contribution in [3.05, 3.63) is 59.5 Å². The van der Waals surface area contributed by atoms with E-state index in [1.807, 2.05) is 6.92 Å². The predicted octanol–water partition coefficient (Wildman–Crippen LogP) is 2.86. The van der Waals surface area contributed by atoms with Crippen LogP contribution in [0.25, 0.3) is 5.65 Å². The number of carbonyl (C=O) groups excluding carboxylic acids is 1. The maximum Gasteiger partial charge on any atom is 0.337 e. The molecule has 0 saturated carbocycles. The van der Waals surface area contributed by atoms with Crippen molar-refractivity contribution in [1.29, 1.82) is 0 Å². The van der Waals surface area contributed by atoms with Crippen molar-refractivity contribution < 1.29 is 19.4 Å². The standard InChI is InChI=1S/C18H17N3O4/c1-3-12-15(21-10-6-9-14(25-2)16(21)19-12)17(22)20-13-8-5-4-7-11(13)18(23)24/h4-10H,3H2,1-2H3,(H,20,22)(H,23,24). The van der Waals surface area contributed by atoms with Crippen LogP contribution in [0, 0.1) is 0 Å². The summed E-state index contributed by atoms with van der Waals surface area (Å²) in [5.74, 6) is -0.972. The topological polar surface area (TPSA) is 92.9 Å². The maximum absolute atomic E-state index is 12.8. The molecule has 3 rings (SSSR count). The van der Waals surface area contributed by atoms with Crippen LogP contribution in [-0.4, -0.2) is 33.5 Å². The van der Waals surface area contributed by atoms with Gasteiger partial charge in [0.2, 0.25) is 0 Å². The number of carboxylic acid groups (broad SMARTS) is 1. The number of ether oxygens (including phenoxy) is 1. The Hall–Kier alpha value is -3.35. The second-order valence-corrected chi connectivity index (χ2v) is 5.34. The number of hydrogen-bond donors (Lipinski definition) is 2. The number of carbonyl (C=O) groups is 2. The van der Waals surface area contributed by atoms with Crippen molar-refractivity contribution in [3.8, 4) is 5.75 Å². The average Bonchev–Trinajstić information content (AvgIpc) is 3.00. The summed E-state index contributed by atoms with van der Waals surface area (Å²) in [4.78, 5) is 28.6. The Kier molecular flexibility index (Phi) is 4.38. The highest BCUT2D eigenvalue weighted by atomic mass is 16.5. The maximum atomic E-state index is 12.8. The van der Waals surface area contributed by atoms with E-state index < -0.39 is 11.9 Å². The van der Waals surface area contributed by atoms with E-state index in [4.69, 9.17) is 4.74 Å². The molecular formula is C18H17N3O4. The summed E-state index contributed by atoms with van der Waals surface area (Å²) in [6.07, 6.45) is 2.27. The molecule has 2 N–H and O–H groups in total. The first kappa shape index (κ1) is 16.5. The van der Waals surface area contributed by atoms with Crippen LogP contribution in [0.15, 0.2) is 42.6 Å². The minimum Gasteiger partial charge on any atom is -0.493 e. The number of carboxylic acids is 1. The fraction of sp³-hybridized carbons (Fsp3) is 0.167. The molecule has 0 aliphatic carbocycles. The summed E-state index contributed by atoms with van der Waals surface area (Å²) < 4.78 is 6.95. The lowest BCUT2D eigenvalue weighted by molar-refractivity contribution is 0.0698. The SMILES string of the molecule is CCc1nc2c(OC)cccn2c1C(=O)Nc1ccccc1C(=O)O. The zero-order valence-electron chi connectivity index (χ0n) is 13.8. The van der Waals surface area contributed by atoms with Gasteiger partial charge in [-0.05, 0) is 30.7 Å². The summed E-state index contributed by atoms with van der Waals surface area (Å²) in [7, 11) is 1.54. The van der Waals surface area contributed by atoms with Gasteiger partial charge in [-0.25, -0.2) is 9.78 Å². The molecule has 7 heteroatoms. The van der Waals surface area contributed by atoms with Gasteiger partial charge in [0.05, 0.1) is 24.1 Å². The number of benzene rings is 1. The first-order valence-electron chi connectivity index (χ1n) is 7.74. The van der Waals surface area contributed by atoms with Crippen molar-refractivity contribution in [3.63, 3.8) is 0 Å². The third kappa shape index (κ3) is 2.91. The molecule has 0 spiro atoms. The van der Waals surface area contributed by atoms with Crippen LogP contribution in [0.4, 0.5) is 5.69 Å². The fourth-order valence-corrected chi connectivity index (χ4v) is 2.70. The molecule has 0 radical (unpaired) electrons. The van der Waals surface area contributed by atoms with Crippen molar-refractivity contribution in [2.45, 2.75) is 13.3 Å². The first-order chi connectivity index (χ1) is 12.1. The smallest absolute Gasteiger partial charge is 0.337 e. The molecule has 128 valence electrons. The minimum absolute atomic E-state index is 0.0281. The number of fused-ring (bicyclic) bond motifs is 1. The molecule has 25 heavy (non-hydrogen) atoms. The number of aryl methyl sites for hydroxylation is 1. The molecular weight excluding hydrogens is 322 g/mol. The van der Waals surface area contributed by atoms with Crippen LogP contribution in [0.5, 0.6) is 5.75 Å². The number of nitrogens with zero attached hydrogens (tertiary/aromatic N) is 2. The molecule has 2 heterocycles. The number of pyridine rings is 1. The molecule has 0 aliphatic rings. The van der Waals surface area contributed by atoms with Crippen molar-refractivity contribution in [2.24, 2.45) is 0 Å². The van der Waals surface area contributed by atoms with E-state index in [1.54, 1.807) is 48.0 Å². The molecule has 0 bridgehead atoms. The summed E-state index contributed by atoms with van der Waals surface area (Å²) >= 11 is 0. The Morgan fingerprint density at radius 3 is 2.68 bits per heavy atom. The number of aromatic carboxylic acids is 1. The third-order valence-electron chi connectivity index (χ3n) is 3.86. The van der Waals surface area contributed by atoms with E-state index in [0.29, 0.717) is 29.2 Å². The molecule has 0 fully saturated rings. The van der Waals surface area contributed by atoms with Crippen molar-refractivity contribution in [2.75, 3.05) is 12.4 Å². The van der Waals surface area contributed by atoms with Crippen LogP contribution in [0.3, 0.4) is 0 Å². The molecule has 0 saturated heterocycles. The van der Waals surface area contributed by atoms with Crippen molar-refractivity contribution >= 4 is 23.2 Å². The minimum atomic E-state index is -1.11. The van der Waals surface area contributed by atoms with Gasteiger partial charge in [-0.15, -0.1) is 0 Å². The van der Waals surface area contributed by atoms with Crippen molar-refractivity contribution in [1.82, 2.24) is 9.38 Å². The Balaban J connectivity index is 2.08. The van der Waals surface area contributed by atoms with E-state index in [0.717, 1.165) is 0 Å². The summed E-state index contributed by atoms with van der Waals surface area (Å²) in [6.45, 7) is 1.90. The largest absolute Gasteiger partial charge is 0.493 e. The molecule has 0 aliphatic heterocycles. The number of nitrogens with one attached hydrogen (secondary N) is 1. The van der Waals surface area contributed by atoms with Gasteiger partial charge in [0.15, 0.2) is 11.4 Å². The molecule has 0 unspecified atom stereocenters. The lowest BCUT2D eigenvalue weighted by Gasteiger charge is -2.09. The van der Waals surface area contributed by atoms with Gasteiger partial charge in [-0.1, -0.05) is 19.1 Å². The normalized spacial score (nSPS) is 10.6. The molecule has 1 amide bonds. The number of hydrogen-bond acceptors (Lipinski definition) is 4. The van der Waals surface area contributed by atoms with E-state index in [9.17, 15) is 14.7 Å². The van der Waals surface area contributed by atoms with Crippen LogP contribution < -0.4 is 10.1 Å². The molecule has 1 aromatic carbocycles. The van der Waals surface area contributed by atoms with Gasteiger partial charge < -0.3 is 15.2 Å². The quantitative estimate of drug-likeness (QED) is 0.745. The Morgan fingerprint density at radius 2 is 2.00 bits per heavy atom. The Bertz CT molecular complexity index is 962. The number of rotatable bonds is 5. The number of methoxy groups -OCH3 is 1. The monoisotopic (exact) mass is 339 g/mol. The van der Waals surface area contributed by atoms with E-state index in [-0.39, 0.29) is 11.3 Å². The van der Waals surface area contributed by atoms with Crippen LogP contribution >= 0.6 is 0 Å². The van der Waals surface area contributed by atoms with Gasteiger partial charge in [0, 0.05) is 6.20 Å². The number of aromatic nitrogens is 2. The van der Waals surface area contributed by atoms with Crippen LogP contribution in [0.2, 0.25) is 0 Å². The van der Waals surface area contributed by atoms with Gasteiger partial charge in [0.1, 0.15) is 5.69 Å². The Labute approximate surface area is 143 Å². The van der Waals surface area contributed by atoms with E-state index >= 15 is 0 Å². The lowest BCUT2D eigenvalue weighted by atomic mass is 10.1. The zero-order chi connectivity index (χ0) is 18.0. The first-order valence-corrected chi connectivity index (χ1v) is 7.74. The number of para-hydroxylation sites is 1. The third-order valence-corrected chi connectivity index (χ3v) is 3.86. The lowest BCUT2D eigenvalue weighted by Crippen LogP contribution is -2.18. The second-order valence-electron chi connectivity index (χ2n) is 5.34. The zero-order valence-corrected chi connectivity index (χ0v) is 13.8. The number of anilines is 1. The number of amides is 1.